The second-order valence-corrected chi connectivity index (χ2v) is 20.2. The fourth-order valence-electron chi connectivity index (χ4n) is 8.68. The van der Waals surface area contributed by atoms with Crippen molar-refractivity contribution in [1.29, 1.82) is 0 Å². The van der Waals surface area contributed by atoms with Gasteiger partial charge in [-0.3, -0.25) is 14.4 Å². The van der Waals surface area contributed by atoms with Gasteiger partial charge in [0.2, 0.25) is 0 Å². The number of hydrogen-bond acceptors (Lipinski definition) is 6. The van der Waals surface area contributed by atoms with Crippen LogP contribution in [0.2, 0.25) is 0 Å². The van der Waals surface area contributed by atoms with Crippen LogP contribution in [0, 0.1) is 0 Å². The Morgan fingerprint density at radius 3 is 0.859 bits per heavy atom. The fraction of sp³-hybridized carbons (Fsp3) is 0.769. The van der Waals surface area contributed by atoms with Gasteiger partial charge in [0, 0.05) is 19.3 Å². The van der Waals surface area contributed by atoms with Crippen molar-refractivity contribution in [1.82, 2.24) is 0 Å². The number of ether oxygens (including phenoxy) is 3. The largest absolute Gasteiger partial charge is 0.462 e. The highest BCUT2D eigenvalue weighted by atomic mass is 16.6. The van der Waals surface area contributed by atoms with E-state index in [9.17, 15) is 14.4 Å². The van der Waals surface area contributed by atoms with Gasteiger partial charge in [0.25, 0.3) is 0 Å². The van der Waals surface area contributed by atoms with Gasteiger partial charge in [-0.15, -0.1) is 0 Å². The summed E-state index contributed by atoms with van der Waals surface area (Å²) in [5.41, 5.74) is 0. The van der Waals surface area contributed by atoms with E-state index >= 15 is 0 Å². The zero-order valence-corrected chi connectivity index (χ0v) is 47.0. The number of carbonyl (C=O) groups excluding carboxylic acids is 3. The molecule has 410 valence electrons. The van der Waals surface area contributed by atoms with Crippen molar-refractivity contribution in [3.8, 4) is 0 Å². The zero-order chi connectivity index (χ0) is 51.4. The van der Waals surface area contributed by atoms with E-state index in [-0.39, 0.29) is 31.1 Å². The van der Waals surface area contributed by atoms with Crippen LogP contribution in [0.15, 0.2) is 72.9 Å². The van der Waals surface area contributed by atoms with Crippen LogP contribution < -0.4 is 0 Å². The molecule has 0 fully saturated rings. The Morgan fingerprint density at radius 2 is 0.549 bits per heavy atom. The fourth-order valence-corrected chi connectivity index (χ4v) is 8.68. The average molecular weight is 992 g/mol. The Balaban J connectivity index is 4.19. The van der Waals surface area contributed by atoms with Crippen molar-refractivity contribution >= 4 is 17.9 Å². The lowest BCUT2D eigenvalue weighted by molar-refractivity contribution is -0.167. The smallest absolute Gasteiger partial charge is 0.306 e. The number of allylic oxidation sites excluding steroid dienone is 12. The maximum absolute atomic E-state index is 12.8. The Kier molecular flexibility index (Phi) is 56.8. The third kappa shape index (κ3) is 57.6. The highest BCUT2D eigenvalue weighted by Crippen LogP contribution is 2.17. The lowest BCUT2D eigenvalue weighted by Gasteiger charge is -2.18. The minimum atomic E-state index is -0.774. The second kappa shape index (κ2) is 59.4. The summed E-state index contributed by atoms with van der Waals surface area (Å²) in [6.07, 6.45) is 76.3. The Morgan fingerprint density at radius 1 is 0.296 bits per heavy atom. The van der Waals surface area contributed by atoms with Gasteiger partial charge in [0.1, 0.15) is 13.2 Å². The van der Waals surface area contributed by atoms with E-state index < -0.39 is 6.10 Å². The van der Waals surface area contributed by atoms with Crippen molar-refractivity contribution < 1.29 is 28.6 Å². The van der Waals surface area contributed by atoms with Crippen molar-refractivity contribution in [3.63, 3.8) is 0 Å². The van der Waals surface area contributed by atoms with Gasteiger partial charge in [-0.25, -0.2) is 0 Å². The molecule has 0 aliphatic heterocycles. The van der Waals surface area contributed by atoms with Crippen LogP contribution >= 0.6 is 0 Å². The molecule has 0 bridgehead atoms. The molecule has 0 amide bonds. The number of esters is 3. The maximum atomic E-state index is 12.8. The summed E-state index contributed by atoms with van der Waals surface area (Å²) in [6, 6.07) is 0. The summed E-state index contributed by atoms with van der Waals surface area (Å²) in [5.74, 6) is -0.874. The second-order valence-electron chi connectivity index (χ2n) is 20.2. The highest BCUT2D eigenvalue weighted by molar-refractivity contribution is 5.71. The molecule has 0 N–H and O–H groups in total. The minimum absolute atomic E-state index is 0.0740. The molecule has 6 heteroatoms. The van der Waals surface area contributed by atoms with Crippen molar-refractivity contribution in [2.75, 3.05) is 13.2 Å². The molecule has 0 rings (SSSR count). The van der Waals surface area contributed by atoms with Gasteiger partial charge >= 0.3 is 17.9 Å². The van der Waals surface area contributed by atoms with Crippen LogP contribution in [0.5, 0.6) is 0 Å². The van der Waals surface area contributed by atoms with E-state index in [2.05, 4.69) is 93.7 Å². The van der Waals surface area contributed by atoms with Crippen molar-refractivity contribution in [2.45, 2.75) is 309 Å². The molecular weight excluding hydrogens is 877 g/mol. The van der Waals surface area contributed by atoms with E-state index in [0.29, 0.717) is 19.3 Å². The van der Waals surface area contributed by atoms with Crippen LogP contribution in [-0.2, 0) is 28.6 Å². The molecule has 0 aromatic rings. The molecule has 0 aromatic heterocycles. The van der Waals surface area contributed by atoms with Gasteiger partial charge in [-0.1, -0.05) is 286 Å². The molecule has 1 unspecified atom stereocenters. The molecule has 0 saturated carbocycles. The average Bonchev–Trinajstić information content (AvgIpc) is 3.37. The van der Waals surface area contributed by atoms with Crippen LogP contribution in [0.1, 0.15) is 303 Å². The zero-order valence-electron chi connectivity index (χ0n) is 47.0. The molecule has 0 aliphatic rings. The summed E-state index contributed by atoms with van der Waals surface area (Å²) in [5, 5.41) is 0. The molecule has 0 aromatic carbocycles. The number of hydrogen-bond donors (Lipinski definition) is 0. The molecule has 0 aliphatic carbocycles. The molecule has 0 heterocycles. The first kappa shape index (κ1) is 67.8. The molecule has 0 radical (unpaired) electrons. The highest BCUT2D eigenvalue weighted by Gasteiger charge is 2.19. The van der Waals surface area contributed by atoms with Gasteiger partial charge in [0.15, 0.2) is 6.10 Å². The quantitative estimate of drug-likeness (QED) is 0.0261. The summed E-state index contributed by atoms with van der Waals surface area (Å²) in [7, 11) is 0. The SMILES string of the molecule is CC/C=C\C/C=C\C/C=C\C/C=C\C/C=C\C/C=C\CCCCCCCCCCC(=O)OCC(COC(=O)CCCCCCCCCC)OC(=O)CCCCCCCCCCCCCCCCCCCC. The van der Waals surface area contributed by atoms with Crippen LogP contribution in [0.3, 0.4) is 0 Å². The van der Waals surface area contributed by atoms with Gasteiger partial charge in [-0.2, -0.15) is 0 Å². The summed E-state index contributed by atoms with van der Waals surface area (Å²) >= 11 is 0. The first-order valence-electron chi connectivity index (χ1n) is 30.4. The molecule has 1 atom stereocenters. The normalized spacial score (nSPS) is 12.5. The summed E-state index contributed by atoms with van der Waals surface area (Å²) in [6.45, 7) is 6.52. The molecular formula is C65H114O6. The molecule has 0 saturated heterocycles. The Hall–Kier alpha value is -3.15. The number of rotatable bonds is 55. The van der Waals surface area contributed by atoms with Crippen LogP contribution in [0.25, 0.3) is 0 Å². The third-order valence-corrected chi connectivity index (χ3v) is 13.2. The summed E-state index contributed by atoms with van der Waals surface area (Å²) < 4.78 is 16.8. The topological polar surface area (TPSA) is 78.9 Å². The van der Waals surface area contributed by atoms with Crippen molar-refractivity contribution in [2.24, 2.45) is 0 Å². The standard InChI is InChI=1S/C65H114O6/c1-4-7-10-13-16-19-21-23-25-27-29-30-31-32-33-34-35-36-37-39-40-42-44-46-49-52-55-58-64(67)70-61-62(60-69-63(66)57-54-51-48-18-15-12-9-6-3)71-65(68)59-56-53-50-47-45-43-41-38-28-26-24-22-20-17-14-11-8-5-2/h7,10,16,19,23,25,29-30,32-33,35-36,62H,4-6,8-9,11-15,17-18,20-22,24,26-28,31,34,37-61H2,1-3H3/b10-7-,19-16-,25-23-,30-29-,33-32-,36-35-. The number of unbranched alkanes of at least 4 members (excludes halogenated alkanes) is 32. The number of carbonyl (C=O) groups is 3. The van der Waals surface area contributed by atoms with E-state index in [1.54, 1.807) is 0 Å². The summed E-state index contributed by atoms with van der Waals surface area (Å²) in [4.78, 5) is 38.1. The van der Waals surface area contributed by atoms with Crippen LogP contribution in [0.4, 0.5) is 0 Å². The first-order valence-corrected chi connectivity index (χ1v) is 30.4. The van der Waals surface area contributed by atoms with Crippen LogP contribution in [-0.4, -0.2) is 37.2 Å². The van der Waals surface area contributed by atoms with Gasteiger partial charge in [-0.05, 0) is 70.6 Å². The van der Waals surface area contributed by atoms with E-state index in [0.717, 1.165) is 103 Å². The van der Waals surface area contributed by atoms with Gasteiger partial charge < -0.3 is 14.2 Å². The van der Waals surface area contributed by atoms with E-state index in [4.69, 9.17) is 14.2 Å². The third-order valence-electron chi connectivity index (χ3n) is 13.2. The predicted octanol–water partition coefficient (Wildman–Crippen LogP) is 20.5. The monoisotopic (exact) mass is 991 g/mol. The van der Waals surface area contributed by atoms with E-state index in [1.165, 1.54) is 161 Å². The minimum Gasteiger partial charge on any atom is -0.462 e. The first-order chi connectivity index (χ1) is 35.0. The van der Waals surface area contributed by atoms with Crippen molar-refractivity contribution in [3.05, 3.63) is 72.9 Å². The molecule has 0 spiro atoms. The Labute approximate surface area is 440 Å². The van der Waals surface area contributed by atoms with Gasteiger partial charge in [0.05, 0.1) is 0 Å². The predicted molar refractivity (Wildman–Crippen MR) is 307 cm³/mol. The lowest BCUT2D eigenvalue weighted by atomic mass is 10.0. The lowest BCUT2D eigenvalue weighted by Crippen LogP contribution is -2.30. The maximum Gasteiger partial charge on any atom is 0.306 e. The Bertz CT molecular complexity index is 1320. The molecule has 6 nitrogen and oxygen atoms in total. The van der Waals surface area contributed by atoms with E-state index in [1.807, 2.05) is 0 Å². The molecule has 71 heavy (non-hydrogen) atoms.